The first-order valence-electron chi connectivity index (χ1n) is 8.44. The zero-order valence-electron chi connectivity index (χ0n) is 14.9. The van der Waals surface area contributed by atoms with Gasteiger partial charge >= 0.3 is 0 Å². The zero-order chi connectivity index (χ0) is 19.5. The average molecular weight is 394 g/mol. The number of aromatic nitrogens is 5. The molecule has 0 radical (unpaired) electrons. The molecule has 0 aliphatic rings. The lowest BCUT2D eigenvalue weighted by Crippen LogP contribution is -2.22. The van der Waals surface area contributed by atoms with Gasteiger partial charge in [-0.1, -0.05) is 30.3 Å². The monoisotopic (exact) mass is 394 g/mol. The van der Waals surface area contributed by atoms with Crippen LogP contribution in [0.1, 0.15) is 12.6 Å². The molecule has 0 spiro atoms. The number of amides is 1. The number of anilines is 2. The van der Waals surface area contributed by atoms with E-state index in [0.29, 0.717) is 28.8 Å². The first-order valence-corrected chi connectivity index (χ1v) is 9.32. The van der Waals surface area contributed by atoms with E-state index in [1.165, 1.54) is 35.2 Å². The van der Waals surface area contributed by atoms with Crippen molar-refractivity contribution in [1.29, 1.82) is 0 Å². The van der Waals surface area contributed by atoms with Crippen molar-refractivity contribution in [3.63, 3.8) is 0 Å². The van der Waals surface area contributed by atoms with Crippen LogP contribution in [0.15, 0.2) is 60.0 Å². The smallest absolute Gasteiger partial charge is 0.230 e. The SMILES string of the molecule is CC(=O)N(c1ccccc1)c1nc(Cn2nnc(-c3cccc(F)c3)n2)cs1. The average Bonchev–Trinajstić information content (AvgIpc) is 3.33. The number of halogens is 1. The van der Waals surface area contributed by atoms with E-state index in [0.717, 1.165) is 5.69 Å². The number of rotatable bonds is 5. The van der Waals surface area contributed by atoms with E-state index >= 15 is 0 Å². The molecule has 0 aliphatic carbocycles. The number of hydrogen-bond acceptors (Lipinski definition) is 6. The number of benzene rings is 2. The van der Waals surface area contributed by atoms with Crippen molar-refractivity contribution in [2.24, 2.45) is 0 Å². The second-order valence-electron chi connectivity index (χ2n) is 5.97. The van der Waals surface area contributed by atoms with Gasteiger partial charge in [0.25, 0.3) is 0 Å². The summed E-state index contributed by atoms with van der Waals surface area (Å²) >= 11 is 1.36. The highest BCUT2D eigenvalue weighted by atomic mass is 32.1. The Kier molecular flexibility index (Phi) is 4.90. The molecule has 1 amide bonds. The van der Waals surface area contributed by atoms with Gasteiger partial charge in [-0.05, 0) is 29.5 Å². The molecule has 0 fully saturated rings. The van der Waals surface area contributed by atoms with Crippen molar-refractivity contribution >= 4 is 28.1 Å². The fourth-order valence-corrected chi connectivity index (χ4v) is 3.55. The van der Waals surface area contributed by atoms with Gasteiger partial charge in [-0.3, -0.25) is 9.69 Å². The number of tetrazole rings is 1. The number of thiazole rings is 1. The van der Waals surface area contributed by atoms with Crippen molar-refractivity contribution in [3.05, 3.63) is 71.5 Å². The second kappa shape index (κ2) is 7.65. The molecule has 4 aromatic rings. The Labute approximate surface area is 164 Å². The number of nitrogens with zero attached hydrogens (tertiary/aromatic N) is 6. The molecule has 2 aromatic heterocycles. The van der Waals surface area contributed by atoms with E-state index in [2.05, 4.69) is 20.4 Å². The third kappa shape index (κ3) is 3.79. The summed E-state index contributed by atoms with van der Waals surface area (Å²) in [4.78, 5) is 19.6. The molecule has 0 atom stereocenters. The quantitative estimate of drug-likeness (QED) is 0.516. The van der Waals surface area contributed by atoms with Crippen LogP contribution in [-0.2, 0) is 11.3 Å². The maximum atomic E-state index is 13.4. The normalized spacial score (nSPS) is 10.8. The topological polar surface area (TPSA) is 76.8 Å². The van der Waals surface area contributed by atoms with Crippen molar-refractivity contribution in [1.82, 2.24) is 25.2 Å². The standard InChI is InChI=1S/C19H15FN6OS/c1-13(27)26(17-8-3-2-4-9-17)19-21-16(12-28-19)11-25-23-18(22-24-25)14-6-5-7-15(20)10-14/h2-10,12H,11H2,1H3. The van der Waals surface area contributed by atoms with Crippen LogP contribution in [0.25, 0.3) is 11.4 Å². The Morgan fingerprint density at radius 1 is 1.18 bits per heavy atom. The van der Waals surface area contributed by atoms with Crippen LogP contribution in [0, 0.1) is 5.82 Å². The molecule has 0 N–H and O–H groups in total. The van der Waals surface area contributed by atoms with Crippen molar-refractivity contribution < 1.29 is 9.18 Å². The Balaban J connectivity index is 1.55. The molecule has 0 aliphatic heterocycles. The van der Waals surface area contributed by atoms with Crippen LogP contribution in [-0.4, -0.2) is 31.1 Å². The molecular formula is C19H15FN6OS. The summed E-state index contributed by atoms with van der Waals surface area (Å²) < 4.78 is 13.4. The summed E-state index contributed by atoms with van der Waals surface area (Å²) in [5.74, 6) is -0.146. The minimum Gasteiger partial charge on any atom is -0.274 e. The molecule has 9 heteroatoms. The van der Waals surface area contributed by atoms with Gasteiger partial charge in [0.15, 0.2) is 5.13 Å². The lowest BCUT2D eigenvalue weighted by molar-refractivity contribution is -0.115. The molecule has 0 bridgehead atoms. The summed E-state index contributed by atoms with van der Waals surface area (Å²) in [6, 6.07) is 15.4. The van der Waals surface area contributed by atoms with Crippen molar-refractivity contribution in [3.8, 4) is 11.4 Å². The molecule has 2 aromatic carbocycles. The maximum absolute atomic E-state index is 13.4. The van der Waals surface area contributed by atoms with Crippen molar-refractivity contribution in [2.75, 3.05) is 4.90 Å². The maximum Gasteiger partial charge on any atom is 0.230 e. The molecular weight excluding hydrogens is 379 g/mol. The minimum absolute atomic E-state index is 0.126. The van der Waals surface area contributed by atoms with Gasteiger partial charge in [0.2, 0.25) is 11.7 Å². The Bertz CT molecular complexity index is 1110. The van der Waals surface area contributed by atoms with E-state index in [9.17, 15) is 9.18 Å². The predicted molar refractivity (Wildman–Crippen MR) is 104 cm³/mol. The largest absolute Gasteiger partial charge is 0.274 e. The van der Waals surface area contributed by atoms with E-state index in [4.69, 9.17) is 0 Å². The third-order valence-corrected chi connectivity index (χ3v) is 4.77. The van der Waals surface area contributed by atoms with E-state index in [1.807, 2.05) is 35.7 Å². The highest BCUT2D eigenvalue weighted by molar-refractivity contribution is 7.14. The number of para-hydroxylation sites is 1. The van der Waals surface area contributed by atoms with Gasteiger partial charge in [-0.2, -0.15) is 4.80 Å². The van der Waals surface area contributed by atoms with E-state index < -0.39 is 0 Å². The Morgan fingerprint density at radius 2 is 2.00 bits per heavy atom. The highest BCUT2D eigenvalue weighted by Gasteiger charge is 2.18. The van der Waals surface area contributed by atoms with Crippen LogP contribution in [0.2, 0.25) is 0 Å². The first-order chi connectivity index (χ1) is 13.6. The van der Waals surface area contributed by atoms with E-state index in [-0.39, 0.29) is 11.7 Å². The Hall–Kier alpha value is -3.46. The summed E-state index contributed by atoms with van der Waals surface area (Å²) in [6.07, 6.45) is 0. The number of carbonyl (C=O) groups is 1. The van der Waals surface area contributed by atoms with Crippen LogP contribution in [0.3, 0.4) is 0 Å². The lowest BCUT2D eigenvalue weighted by Gasteiger charge is -2.17. The molecule has 140 valence electrons. The van der Waals surface area contributed by atoms with Gasteiger partial charge in [-0.25, -0.2) is 9.37 Å². The van der Waals surface area contributed by atoms with Crippen LogP contribution >= 0.6 is 11.3 Å². The first kappa shape index (κ1) is 17.9. The molecule has 2 heterocycles. The van der Waals surface area contributed by atoms with Gasteiger partial charge in [-0.15, -0.1) is 21.5 Å². The zero-order valence-corrected chi connectivity index (χ0v) is 15.7. The third-order valence-electron chi connectivity index (χ3n) is 3.90. The summed E-state index contributed by atoms with van der Waals surface area (Å²) in [5.41, 5.74) is 2.01. The van der Waals surface area contributed by atoms with Crippen LogP contribution in [0.5, 0.6) is 0 Å². The summed E-state index contributed by atoms with van der Waals surface area (Å²) in [6.45, 7) is 1.79. The lowest BCUT2D eigenvalue weighted by atomic mass is 10.2. The summed E-state index contributed by atoms with van der Waals surface area (Å²) in [5, 5.41) is 14.7. The fraction of sp³-hybridized carbons (Fsp3) is 0.105. The van der Waals surface area contributed by atoms with Gasteiger partial charge in [0.1, 0.15) is 12.4 Å². The van der Waals surface area contributed by atoms with Crippen LogP contribution < -0.4 is 4.90 Å². The number of carbonyl (C=O) groups excluding carboxylic acids is 1. The van der Waals surface area contributed by atoms with E-state index in [1.54, 1.807) is 17.0 Å². The molecule has 0 saturated carbocycles. The predicted octanol–water partition coefficient (Wildman–Crippen LogP) is 3.67. The minimum atomic E-state index is -0.358. The molecule has 0 saturated heterocycles. The highest BCUT2D eigenvalue weighted by Crippen LogP contribution is 2.28. The molecule has 0 unspecified atom stereocenters. The number of hydrogen-bond donors (Lipinski definition) is 0. The van der Waals surface area contributed by atoms with Crippen LogP contribution in [0.4, 0.5) is 15.2 Å². The summed E-state index contributed by atoms with van der Waals surface area (Å²) in [7, 11) is 0. The molecule has 28 heavy (non-hydrogen) atoms. The van der Waals surface area contributed by atoms with Gasteiger partial charge in [0, 0.05) is 17.9 Å². The molecule has 7 nitrogen and oxygen atoms in total. The fourth-order valence-electron chi connectivity index (χ4n) is 2.67. The Morgan fingerprint density at radius 3 is 2.75 bits per heavy atom. The van der Waals surface area contributed by atoms with Gasteiger partial charge < -0.3 is 0 Å². The molecule has 4 rings (SSSR count). The van der Waals surface area contributed by atoms with Crippen molar-refractivity contribution in [2.45, 2.75) is 13.5 Å². The second-order valence-corrected chi connectivity index (χ2v) is 6.80. The van der Waals surface area contributed by atoms with Gasteiger partial charge in [0.05, 0.1) is 11.4 Å².